The van der Waals surface area contributed by atoms with Gasteiger partial charge in [0, 0.05) is 19.9 Å². The predicted octanol–water partition coefficient (Wildman–Crippen LogP) is 0.111. The van der Waals surface area contributed by atoms with Gasteiger partial charge in [0.15, 0.2) is 5.78 Å². The Bertz CT molecular complexity index is 292. The van der Waals surface area contributed by atoms with Crippen LogP contribution in [-0.2, 0) is 6.42 Å². The van der Waals surface area contributed by atoms with Crippen LogP contribution in [0.2, 0.25) is 0 Å². The molecule has 1 N–H and O–H groups in total. The highest BCUT2D eigenvalue weighted by atomic mass is 16.1. The van der Waals surface area contributed by atoms with Gasteiger partial charge in [-0.1, -0.05) is 0 Å². The summed E-state index contributed by atoms with van der Waals surface area (Å²) in [6.45, 7) is 2.35. The average molecular weight is 182 g/mol. The minimum Gasteiger partial charge on any atom is -0.309 e. The van der Waals surface area contributed by atoms with Crippen LogP contribution in [0.15, 0.2) is 0 Å². The Kier molecular flexibility index (Phi) is 3.13. The molecule has 0 amide bonds. The highest BCUT2D eigenvalue weighted by Gasteiger charge is 2.06. The van der Waals surface area contributed by atoms with Gasteiger partial charge in [0.25, 0.3) is 0 Å². The van der Waals surface area contributed by atoms with Crippen molar-refractivity contribution in [2.75, 3.05) is 20.6 Å². The molecule has 0 atom stereocenters. The minimum atomic E-state index is -0.104. The van der Waals surface area contributed by atoms with Gasteiger partial charge in [-0.2, -0.15) is 5.10 Å². The van der Waals surface area contributed by atoms with Crippen molar-refractivity contribution in [1.29, 1.82) is 0 Å². The number of carbonyl (C=O) groups is 1. The molecule has 0 fully saturated rings. The Balaban J connectivity index is 2.54. The van der Waals surface area contributed by atoms with Crippen molar-refractivity contribution in [3.05, 3.63) is 11.6 Å². The molecule has 0 aromatic carbocycles. The molecule has 0 aliphatic carbocycles. The molecule has 1 aromatic heterocycles. The van der Waals surface area contributed by atoms with Gasteiger partial charge in [-0.05, 0) is 14.1 Å². The molecule has 5 nitrogen and oxygen atoms in total. The summed E-state index contributed by atoms with van der Waals surface area (Å²) in [5, 5.41) is 6.52. The monoisotopic (exact) mass is 182 g/mol. The highest BCUT2D eigenvalue weighted by molar-refractivity contribution is 5.90. The molecule has 0 radical (unpaired) electrons. The lowest BCUT2D eigenvalue weighted by Gasteiger charge is -2.05. The van der Waals surface area contributed by atoms with Crippen molar-refractivity contribution >= 4 is 5.78 Å². The SMILES string of the molecule is CC(=O)c1n[nH]c(CCN(C)C)n1. The molecule has 13 heavy (non-hydrogen) atoms. The number of H-pyrrole nitrogens is 1. The van der Waals surface area contributed by atoms with E-state index in [2.05, 4.69) is 20.1 Å². The number of likely N-dealkylation sites (N-methyl/N-ethyl adjacent to an activating group) is 1. The van der Waals surface area contributed by atoms with Crippen LogP contribution in [0.4, 0.5) is 0 Å². The van der Waals surface area contributed by atoms with Crippen molar-refractivity contribution < 1.29 is 4.79 Å². The molecule has 0 spiro atoms. The minimum absolute atomic E-state index is 0.104. The fraction of sp³-hybridized carbons (Fsp3) is 0.625. The normalized spacial score (nSPS) is 10.8. The largest absolute Gasteiger partial charge is 0.309 e. The van der Waals surface area contributed by atoms with E-state index in [-0.39, 0.29) is 11.6 Å². The van der Waals surface area contributed by atoms with Crippen molar-refractivity contribution in [3.63, 3.8) is 0 Å². The van der Waals surface area contributed by atoms with Gasteiger partial charge in [0.1, 0.15) is 5.82 Å². The molecule has 0 saturated heterocycles. The van der Waals surface area contributed by atoms with Gasteiger partial charge in [-0.25, -0.2) is 4.98 Å². The third-order valence-electron chi connectivity index (χ3n) is 1.64. The number of hydrogen-bond donors (Lipinski definition) is 1. The standard InChI is InChI=1S/C8H14N4O/c1-6(13)8-9-7(10-11-8)4-5-12(2)3/h4-5H2,1-3H3,(H,9,10,11). The highest BCUT2D eigenvalue weighted by Crippen LogP contribution is 1.95. The second kappa shape index (κ2) is 4.13. The predicted molar refractivity (Wildman–Crippen MR) is 48.6 cm³/mol. The number of nitrogens with one attached hydrogen (secondary N) is 1. The maximum Gasteiger partial charge on any atom is 0.216 e. The number of aromatic amines is 1. The summed E-state index contributed by atoms with van der Waals surface area (Å²) in [7, 11) is 3.98. The van der Waals surface area contributed by atoms with E-state index < -0.39 is 0 Å². The summed E-state index contributed by atoms with van der Waals surface area (Å²) >= 11 is 0. The van der Waals surface area contributed by atoms with Gasteiger partial charge in [-0.15, -0.1) is 0 Å². The van der Waals surface area contributed by atoms with Gasteiger partial charge in [0.2, 0.25) is 5.82 Å². The molecule has 5 heteroatoms. The number of Topliss-reactive ketones (excluding diaryl/α,β-unsaturated/α-hetero) is 1. The van der Waals surface area contributed by atoms with E-state index in [1.54, 1.807) is 0 Å². The average Bonchev–Trinajstić information content (AvgIpc) is 2.48. The molecule has 0 unspecified atom stereocenters. The van der Waals surface area contributed by atoms with Crippen LogP contribution in [-0.4, -0.2) is 46.5 Å². The maximum absolute atomic E-state index is 10.8. The topological polar surface area (TPSA) is 61.9 Å². The first-order valence-corrected chi connectivity index (χ1v) is 4.16. The zero-order valence-electron chi connectivity index (χ0n) is 8.16. The van der Waals surface area contributed by atoms with Crippen molar-refractivity contribution in [2.24, 2.45) is 0 Å². The quantitative estimate of drug-likeness (QED) is 0.671. The number of aromatic nitrogens is 3. The maximum atomic E-state index is 10.8. The van der Waals surface area contributed by atoms with Crippen LogP contribution < -0.4 is 0 Å². The molecular formula is C8H14N4O. The molecule has 1 heterocycles. The van der Waals surface area contributed by atoms with Gasteiger partial charge < -0.3 is 4.90 Å². The molecule has 1 aromatic rings. The molecular weight excluding hydrogens is 168 g/mol. The van der Waals surface area contributed by atoms with E-state index in [0.717, 1.165) is 18.8 Å². The van der Waals surface area contributed by atoms with Crippen LogP contribution >= 0.6 is 0 Å². The molecule has 0 bridgehead atoms. The summed E-state index contributed by atoms with van der Waals surface area (Å²) in [4.78, 5) is 16.9. The van der Waals surface area contributed by atoms with E-state index in [0.29, 0.717) is 0 Å². The van der Waals surface area contributed by atoms with Crippen molar-refractivity contribution in [1.82, 2.24) is 20.1 Å². The Morgan fingerprint density at radius 3 is 2.69 bits per heavy atom. The summed E-state index contributed by atoms with van der Waals surface area (Å²) in [5.74, 6) is 0.931. The van der Waals surface area contributed by atoms with E-state index in [1.165, 1.54) is 6.92 Å². The number of nitrogens with zero attached hydrogens (tertiary/aromatic N) is 3. The summed E-state index contributed by atoms with van der Waals surface area (Å²) in [5.41, 5.74) is 0. The summed E-state index contributed by atoms with van der Waals surface area (Å²) in [6.07, 6.45) is 0.785. The number of carbonyl (C=O) groups excluding carboxylic acids is 1. The van der Waals surface area contributed by atoms with Crippen LogP contribution in [0.1, 0.15) is 23.4 Å². The van der Waals surface area contributed by atoms with Gasteiger partial charge in [0.05, 0.1) is 0 Å². The molecule has 72 valence electrons. The lowest BCUT2D eigenvalue weighted by atomic mass is 10.4. The summed E-state index contributed by atoms with van der Waals surface area (Å²) < 4.78 is 0. The zero-order valence-corrected chi connectivity index (χ0v) is 8.16. The molecule has 0 aliphatic rings. The van der Waals surface area contributed by atoms with Crippen molar-refractivity contribution in [3.8, 4) is 0 Å². The van der Waals surface area contributed by atoms with Gasteiger partial charge >= 0.3 is 0 Å². The van der Waals surface area contributed by atoms with Gasteiger partial charge in [-0.3, -0.25) is 9.89 Å². The van der Waals surface area contributed by atoms with Crippen LogP contribution in [0, 0.1) is 0 Å². The van der Waals surface area contributed by atoms with Crippen LogP contribution in [0.5, 0.6) is 0 Å². The Labute approximate surface area is 77.2 Å². The third-order valence-corrected chi connectivity index (χ3v) is 1.64. The summed E-state index contributed by atoms with van der Waals surface area (Å²) in [6, 6.07) is 0. The van der Waals surface area contributed by atoms with Crippen molar-refractivity contribution in [2.45, 2.75) is 13.3 Å². The Morgan fingerprint density at radius 2 is 2.23 bits per heavy atom. The van der Waals surface area contributed by atoms with E-state index >= 15 is 0 Å². The number of ketones is 1. The number of rotatable bonds is 4. The molecule has 0 aliphatic heterocycles. The second-order valence-corrected chi connectivity index (χ2v) is 3.22. The lowest BCUT2D eigenvalue weighted by molar-refractivity contribution is 0.100. The first-order valence-electron chi connectivity index (χ1n) is 4.16. The molecule has 0 saturated carbocycles. The van der Waals surface area contributed by atoms with Crippen LogP contribution in [0.3, 0.4) is 0 Å². The number of hydrogen-bond acceptors (Lipinski definition) is 4. The van der Waals surface area contributed by atoms with E-state index in [4.69, 9.17) is 0 Å². The second-order valence-electron chi connectivity index (χ2n) is 3.22. The van der Waals surface area contributed by atoms with Crippen LogP contribution in [0.25, 0.3) is 0 Å². The Hall–Kier alpha value is -1.23. The fourth-order valence-corrected chi connectivity index (χ4v) is 0.894. The lowest BCUT2D eigenvalue weighted by Crippen LogP contribution is -2.15. The van der Waals surface area contributed by atoms with E-state index in [9.17, 15) is 4.79 Å². The zero-order chi connectivity index (χ0) is 9.84. The Morgan fingerprint density at radius 1 is 1.54 bits per heavy atom. The van der Waals surface area contributed by atoms with E-state index in [1.807, 2.05) is 14.1 Å². The smallest absolute Gasteiger partial charge is 0.216 e. The fourth-order valence-electron chi connectivity index (χ4n) is 0.894. The third kappa shape index (κ3) is 2.95. The first kappa shape index (κ1) is 9.85. The first-order chi connectivity index (χ1) is 6.09. The molecule has 1 rings (SSSR count).